The highest BCUT2D eigenvalue weighted by atomic mass is 16.5. The molecule has 2 heterocycles. The van der Waals surface area contributed by atoms with Gasteiger partial charge in [-0.15, -0.1) is 0 Å². The normalized spacial score (nSPS) is 11.8. The second-order valence-electron chi connectivity index (χ2n) is 7.43. The van der Waals surface area contributed by atoms with Gasteiger partial charge in [0, 0.05) is 22.4 Å². The van der Waals surface area contributed by atoms with E-state index >= 15 is 0 Å². The number of hydrogen-bond acceptors (Lipinski definition) is 5. The maximum absolute atomic E-state index is 12.2. The highest BCUT2D eigenvalue weighted by molar-refractivity contribution is 5.95. The van der Waals surface area contributed by atoms with Gasteiger partial charge in [0.25, 0.3) is 0 Å². The number of ether oxygens (including phenoxy) is 1. The largest absolute Gasteiger partial charge is 0.456 e. The zero-order valence-electron chi connectivity index (χ0n) is 15.2. The third-order valence-corrected chi connectivity index (χ3v) is 4.23. The number of rotatable bonds is 2. The fraction of sp³-hybridized carbons (Fsp3) is 0.182. The van der Waals surface area contributed by atoms with Crippen molar-refractivity contribution in [1.29, 1.82) is 0 Å². The Morgan fingerprint density at radius 2 is 1.70 bits per heavy atom. The van der Waals surface area contributed by atoms with Crippen molar-refractivity contribution in [3.63, 3.8) is 0 Å². The second-order valence-corrected chi connectivity index (χ2v) is 7.43. The Labute approximate surface area is 155 Å². The van der Waals surface area contributed by atoms with Crippen molar-refractivity contribution in [3.8, 4) is 17.1 Å². The average Bonchev–Trinajstić information content (AvgIpc) is 3.04. The van der Waals surface area contributed by atoms with E-state index in [2.05, 4.69) is 0 Å². The molecule has 0 unspecified atom stereocenters. The third-order valence-electron chi connectivity index (χ3n) is 4.23. The van der Waals surface area contributed by atoms with Gasteiger partial charge in [-0.2, -0.15) is 0 Å². The van der Waals surface area contributed by atoms with Crippen molar-refractivity contribution in [2.24, 2.45) is 5.41 Å². The molecule has 0 saturated heterocycles. The summed E-state index contributed by atoms with van der Waals surface area (Å²) in [5.41, 5.74) is 0.612. The highest BCUT2D eigenvalue weighted by Gasteiger charge is 2.24. The summed E-state index contributed by atoms with van der Waals surface area (Å²) in [4.78, 5) is 24.2. The zero-order chi connectivity index (χ0) is 19.2. The quantitative estimate of drug-likeness (QED) is 0.280. The molecule has 0 aliphatic rings. The summed E-state index contributed by atoms with van der Waals surface area (Å²) in [6, 6.07) is 15.8. The van der Waals surface area contributed by atoms with Crippen LogP contribution < -0.4 is 10.4 Å². The molecule has 0 bridgehead atoms. The molecule has 2 aromatic carbocycles. The Morgan fingerprint density at radius 1 is 0.926 bits per heavy atom. The number of carbonyl (C=O) groups excluding carboxylic acids is 1. The maximum Gasteiger partial charge on any atom is 0.336 e. The van der Waals surface area contributed by atoms with Gasteiger partial charge in [-0.3, -0.25) is 4.79 Å². The minimum Gasteiger partial charge on any atom is -0.456 e. The molecule has 0 amide bonds. The van der Waals surface area contributed by atoms with E-state index in [1.54, 1.807) is 39.0 Å². The van der Waals surface area contributed by atoms with Crippen LogP contribution in [0.15, 0.2) is 68.2 Å². The van der Waals surface area contributed by atoms with Crippen LogP contribution in [0.4, 0.5) is 0 Å². The SMILES string of the molecule is CC(C)(C)C(=O)Oc1ccc2oc(=O)cc(-c3cc4ccccc4o3)c2c1. The molecule has 0 N–H and O–H groups in total. The van der Waals surface area contributed by atoms with Crippen LogP contribution in [-0.4, -0.2) is 5.97 Å². The molecule has 136 valence electrons. The van der Waals surface area contributed by atoms with Crippen molar-refractivity contribution in [2.45, 2.75) is 20.8 Å². The van der Waals surface area contributed by atoms with Gasteiger partial charge in [-0.1, -0.05) is 18.2 Å². The van der Waals surface area contributed by atoms with Gasteiger partial charge >= 0.3 is 11.6 Å². The number of fused-ring (bicyclic) bond motifs is 2. The molecule has 0 aliphatic heterocycles. The van der Waals surface area contributed by atoms with E-state index in [-0.39, 0.29) is 5.97 Å². The van der Waals surface area contributed by atoms with E-state index < -0.39 is 11.0 Å². The lowest BCUT2D eigenvalue weighted by Gasteiger charge is -2.16. The van der Waals surface area contributed by atoms with Crippen LogP contribution in [0.1, 0.15) is 20.8 Å². The molecule has 4 aromatic rings. The summed E-state index contributed by atoms with van der Waals surface area (Å²) in [5.74, 6) is 0.589. The second kappa shape index (κ2) is 6.13. The number of carbonyl (C=O) groups is 1. The van der Waals surface area contributed by atoms with E-state index in [1.807, 2.05) is 30.3 Å². The minimum atomic E-state index is -0.625. The Kier molecular flexibility index (Phi) is 3.88. The van der Waals surface area contributed by atoms with Gasteiger partial charge in [-0.25, -0.2) is 4.79 Å². The molecule has 0 fully saturated rings. The van der Waals surface area contributed by atoms with E-state index in [1.165, 1.54) is 6.07 Å². The predicted molar refractivity (Wildman–Crippen MR) is 103 cm³/mol. The van der Waals surface area contributed by atoms with Crippen LogP contribution in [0, 0.1) is 5.41 Å². The average molecular weight is 362 g/mol. The van der Waals surface area contributed by atoms with Gasteiger partial charge in [0.15, 0.2) is 0 Å². The lowest BCUT2D eigenvalue weighted by atomic mass is 9.97. The summed E-state index contributed by atoms with van der Waals surface area (Å²) in [6.45, 7) is 5.36. The molecule has 5 heteroatoms. The standard InChI is InChI=1S/C22H18O5/c1-22(2,3)21(24)25-14-8-9-18-15(11-14)16(12-20(23)27-18)19-10-13-6-4-5-7-17(13)26-19/h4-12H,1-3H3. The van der Waals surface area contributed by atoms with Crippen LogP contribution in [0.5, 0.6) is 5.75 Å². The van der Waals surface area contributed by atoms with Gasteiger partial charge in [-0.05, 0) is 51.1 Å². The Bertz CT molecular complexity index is 1190. The molecule has 4 rings (SSSR count). The smallest absolute Gasteiger partial charge is 0.336 e. The molecular formula is C22H18O5. The van der Waals surface area contributed by atoms with Crippen molar-refractivity contribution in [3.05, 3.63) is 65.0 Å². The van der Waals surface area contributed by atoms with Crippen molar-refractivity contribution in [2.75, 3.05) is 0 Å². The lowest BCUT2D eigenvalue weighted by Crippen LogP contribution is -2.25. The first-order valence-electron chi connectivity index (χ1n) is 8.60. The predicted octanol–water partition coefficient (Wildman–Crippen LogP) is 5.16. The van der Waals surface area contributed by atoms with Gasteiger partial charge in [0.05, 0.1) is 5.41 Å². The van der Waals surface area contributed by atoms with Crippen LogP contribution in [-0.2, 0) is 4.79 Å². The van der Waals surface area contributed by atoms with E-state index in [0.717, 1.165) is 11.0 Å². The number of furan rings is 1. The Balaban J connectivity index is 1.87. The summed E-state index contributed by atoms with van der Waals surface area (Å²) in [5, 5.41) is 1.57. The van der Waals surface area contributed by atoms with E-state index in [0.29, 0.717) is 28.0 Å². The number of esters is 1. The topological polar surface area (TPSA) is 69.7 Å². The molecule has 2 aromatic heterocycles. The van der Waals surface area contributed by atoms with Gasteiger partial charge in [0.2, 0.25) is 0 Å². The van der Waals surface area contributed by atoms with Crippen LogP contribution in [0.25, 0.3) is 33.3 Å². The number of hydrogen-bond donors (Lipinski definition) is 0. The summed E-state index contributed by atoms with van der Waals surface area (Å²) < 4.78 is 16.7. The lowest BCUT2D eigenvalue weighted by molar-refractivity contribution is -0.142. The van der Waals surface area contributed by atoms with E-state index in [9.17, 15) is 9.59 Å². The molecule has 0 spiro atoms. The first kappa shape index (κ1) is 17.1. The Morgan fingerprint density at radius 3 is 2.44 bits per heavy atom. The molecule has 27 heavy (non-hydrogen) atoms. The first-order valence-corrected chi connectivity index (χ1v) is 8.60. The molecule has 0 saturated carbocycles. The van der Waals surface area contributed by atoms with Crippen molar-refractivity contribution >= 4 is 27.9 Å². The van der Waals surface area contributed by atoms with E-state index in [4.69, 9.17) is 13.6 Å². The highest BCUT2D eigenvalue weighted by Crippen LogP contribution is 2.34. The maximum atomic E-state index is 12.2. The fourth-order valence-corrected chi connectivity index (χ4v) is 2.78. The first-order chi connectivity index (χ1) is 12.8. The van der Waals surface area contributed by atoms with Crippen molar-refractivity contribution < 1.29 is 18.4 Å². The zero-order valence-corrected chi connectivity index (χ0v) is 15.2. The summed E-state index contributed by atoms with van der Waals surface area (Å²) >= 11 is 0. The number of benzene rings is 2. The molecule has 5 nitrogen and oxygen atoms in total. The van der Waals surface area contributed by atoms with Gasteiger partial charge in [0.1, 0.15) is 22.7 Å². The fourth-order valence-electron chi connectivity index (χ4n) is 2.78. The number of para-hydroxylation sites is 1. The monoisotopic (exact) mass is 362 g/mol. The molecule has 0 atom stereocenters. The summed E-state index contributed by atoms with van der Waals surface area (Å²) in [6.07, 6.45) is 0. The van der Waals surface area contributed by atoms with Gasteiger partial charge < -0.3 is 13.6 Å². The summed E-state index contributed by atoms with van der Waals surface area (Å²) in [7, 11) is 0. The van der Waals surface area contributed by atoms with Crippen LogP contribution in [0.2, 0.25) is 0 Å². The Hall–Kier alpha value is -3.34. The molecule has 0 radical (unpaired) electrons. The molecule has 0 aliphatic carbocycles. The minimum absolute atomic E-state index is 0.343. The van der Waals surface area contributed by atoms with Crippen LogP contribution in [0.3, 0.4) is 0 Å². The van der Waals surface area contributed by atoms with Crippen molar-refractivity contribution in [1.82, 2.24) is 0 Å². The molecular weight excluding hydrogens is 344 g/mol. The van der Waals surface area contributed by atoms with Crippen LogP contribution >= 0.6 is 0 Å². The third kappa shape index (κ3) is 3.24.